The van der Waals surface area contributed by atoms with Gasteiger partial charge in [0.15, 0.2) is 5.82 Å². The Morgan fingerprint density at radius 2 is 1.54 bits per heavy atom. The van der Waals surface area contributed by atoms with Crippen molar-refractivity contribution in [2.75, 3.05) is 44.7 Å². The molecule has 41 heavy (non-hydrogen) atoms. The van der Waals surface area contributed by atoms with Crippen molar-refractivity contribution in [2.45, 2.75) is 19.4 Å². The minimum absolute atomic E-state index is 0.00744. The zero-order chi connectivity index (χ0) is 28.6. The maximum absolute atomic E-state index is 13.7. The van der Waals surface area contributed by atoms with Crippen molar-refractivity contribution >= 4 is 17.6 Å². The smallest absolute Gasteiger partial charge is 0.254 e. The average molecular weight is 550 g/mol. The van der Waals surface area contributed by atoms with Gasteiger partial charge in [0.2, 0.25) is 5.91 Å². The maximum atomic E-state index is 13.7. The van der Waals surface area contributed by atoms with E-state index < -0.39 is 0 Å². The summed E-state index contributed by atoms with van der Waals surface area (Å²) in [6.07, 6.45) is 0.800. The van der Waals surface area contributed by atoms with E-state index in [1.54, 1.807) is 36.3 Å². The molecule has 3 aromatic carbocycles. The van der Waals surface area contributed by atoms with Crippen LogP contribution in [0.4, 0.5) is 5.82 Å². The molecule has 8 heteroatoms. The van der Waals surface area contributed by atoms with Crippen LogP contribution in [0.25, 0.3) is 11.3 Å². The number of rotatable bonds is 8. The third-order valence-electron chi connectivity index (χ3n) is 7.55. The number of anilines is 1. The van der Waals surface area contributed by atoms with E-state index in [0.29, 0.717) is 30.9 Å². The Morgan fingerprint density at radius 1 is 0.829 bits per heavy atom. The summed E-state index contributed by atoms with van der Waals surface area (Å²) >= 11 is 0. The lowest BCUT2D eigenvalue weighted by Crippen LogP contribution is -2.45. The predicted molar refractivity (Wildman–Crippen MR) is 160 cm³/mol. The molecule has 0 saturated carbocycles. The summed E-state index contributed by atoms with van der Waals surface area (Å²) in [7, 11) is 1.59. The highest BCUT2D eigenvalue weighted by atomic mass is 16.5. The standard InChI is InChI=1S/C33H35N5O3/c1-25(26-10-5-3-6-11-26)38(33(40)28-14-16-29(41-2)17-15-28)24-32(39)37-21-9-20-36(22-23-37)31-19-18-30(34-35-31)27-12-7-4-8-13-27/h3-8,10-19,25H,9,20-24H2,1-2H3. The van der Waals surface area contributed by atoms with Crippen LogP contribution in [0.2, 0.25) is 0 Å². The molecule has 1 unspecified atom stereocenters. The highest BCUT2D eigenvalue weighted by molar-refractivity contribution is 5.97. The number of aromatic nitrogens is 2. The van der Waals surface area contributed by atoms with Crippen LogP contribution in [0.3, 0.4) is 0 Å². The molecule has 2 heterocycles. The van der Waals surface area contributed by atoms with Crippen molar-refractivity contribution in [3.63, 3.8) is 0 Å². The van der Waals surface area contributed by atoms with Gasteiger partial charge in [-0.1, -0.05) is 60.7 Å². The van der Waals surface area contributed by atoms with Crippen LogP contribution in [0.15, 0.2) is 97.1 Å². The van der Waals surface area contributed by atoms with E-state index in [1.807, 2.05) is 84.6 Å². The molecular formula is C33H35N5O3. The van der Waals surface area contributed by atoms with Crippen molar-refractivity contribution < 1.29 is 14.3 Å². The number of carbonyl (C=O) groups excluding carboxylic acids is 2. The first-order valence-corrected chi connectivity index (χ1v) is 14.0. The lowest BCUT2D eigenvalue weighted by Gasteiger charge is -2.32. The average Bonchev–Trinajstić information content (AvgIpc) is 3.30. The normalized spacial score (nSPS) is 14.2. The summed E-state index contributed by atoms with van der Waals surface area (Å²) < 4.78 is 5.25. The zero-order valence-corrected chi connectivity index (χ0v) is 23.5. The molecular weight excluding hydrogens is 514 g/mol. The number of hydrogen-bond acceptors (Lipinski definition) is 6. The molecule has 0 spiro atoms. The van der Waals surface area contributed by atoms with Crippen LogP contribution < -0.4 is 9.64 Å². The summed E-state index contributed by atoms with van der Waals surface area (Å²) in [6, 6.07) is 30.5. The van der Waals surface area contributed by atoms with Crippen LogP contribution >= 0.6 is 0 Å². The molecule has 1 atom stereocenters. The zero-order valence-electron chi connectivity index (χ0n) is 23.5. The van der Waals surface area contributed by atoms with Crippen LogP contribution in [-0.4, -0.2) is 71.6 Å². The quantitative estimate of drug-likeness (QED) is 0.305. The number of methoxy groups -OCH3 is 1. The summed E-state index contributed by atoms with van der Waals surface area (Å²) in [5, 5.41) is 8.91. The Morgan fingerprint density at radius 3 is 2.20 bits per heavy atom. The third-order valence-corrected chi connectivity index (χ3v) is 7.55. The van der Waals surface area contributed by atoms with E-state index in [4.69, 9.17) is 4.74 Å². The molecule has 1 aromatic heterocycles. The van der Waals surface area contributed by atoms with Gasteiger partial charge in [-0.3, -0.25) is 9.59 Å². The Kier molecular flexibility index (Phi) is 8.89. The van der Waals surface area contributed by atoms with Gasteiger partial charge in [-0.15, -0.1) is 10.2 Å². The number of hydrogen-bond donors (Lipinski definition) is 0. The van der Waals surface area contributed by atoms with Gasteiger partial charge < -0.3 is 19.4 Å². The molecule has 0 aliphatic carbocycles. The Labute approximate surface area is 241 Å². The second-order valence-corrected chi connectivity index (χ2v) is 10.1. The SMILES string of the molecule is COc1ccc(C(=O)N(CC(=O)N2CCCN(c3ccc(-c4ccccc4)nn3)CC2)C(C)c2ccccc2)cc1. The molecule has 1 aliphatic rings. The van der Waals surface area contributed by atoms with Crippen molar-refractivity contribution in [3.05, 3.63) is 108 Å². The van der Waals surface area contributed by atoms with Crippen molar-refractivity contribution in [1.29, 1.82) is 0 Å². The van der Waals surface area contributed by atoms with Crippen molar-refractivity contribution in [3.8, 4) is 17.0 Å². The number of amides is 2. The molecule has 1 fully saturated rings. The molecule has 1 saturated heterocycles. The fourth-order valence-electron chi connectivity index (χ4n) is 5.09. The minimum Gasteiger partial charge on any atom is -0.497 e. The van der Waals surface area contributed by atoms with Gasteiger partial charge in [-0.25, -0.2) is 0 Å². The van der Waals surface area contributed by atoms with Crippen LogP contribution in [-0.2, 0) is 4.79 Å². The summed E-state index contributed by atoms with van der Waals surface area (Å²) in [4.78, 5) is 33.0. The van der Waals surface area contributed by atoms with Crippen LogP contribution in [0.5, 0.6) is 5.75 Å². The minimum atomic E-state index is -0.281. The van der Waals surface area contributed by atoms with Crippen molar-refractivity contribution in [2.24, 2.45) is 0 Å². The number of carbonyl (C=O) groups is 2. The van der Waals surface area contributed by atoms with E-state index in [0.717, 1.165) is 35.6 Å². The Bertz CT molecular complexity index is 1430. The first kappa shape index (κ1) is 27.8. The largest absolute Gasteiger partial charge is 0.497 e. The number of ether oxygens (including phenoxy) is 1. The van der Waals surface area contributed by atoms with E-state index >= 15 is 0 Å². The van der Waals surface area contributed by atoms with E-state index in [2.05, 4.69) is 15.1 Å². The number of benzene rings is 3. The second-order valence-electron chi connectivity index (χ2n) is 10.1. The highest BCUT2D eigenvalue weighted by Gasteiger charge is 2.28. The first-order valence-electron chi connectivity index (χ1n) is 14.0. The lowest BCUT2D eigenvalue weighted by atomic mass is 10.1. The second kappa shape index (κ2) is 13.1. The van der Waals surface area contributed by atoms with Crippen LogP contribution in [0.1, 0.15) is 35.3 Å². The van der Waals surface area contributed by atoms with E-state index in [1.165, 1.54) is 0 Å². The lowest BCUT2D eigenvalue weighted by molar-refractivity contribution is -0.132. The molecule has 4 aromatic rings. The van der Waals surface area contributed by atoms with E-state index in [9.17, 15) is 9.59 Å². The fraction of sp³-hybridized carbons (Fsp3) is 0.273. The maximum Gasteiger partial charge on any atom is 0.254 e. The molecule has 0 N–H and O–H groups in total. The summed E-state index contributed by atoms with van der Waals surface area (Å²) in [5.41, 5.74) is 3.34. The number of nitrogens with zero attached hydrogens (tertiary/aromatic N) is 5. The van der Waals surface area contributed by atoms with Gasteiger partial charge in [0.05, 0.1) is 18.8 Å². The molecule has 8 nitrogen and oxygen atoms in total. The fourth-order valence-corrected chi connectivity index (χ4v) is 5.09. The molecule has 0 bridgehead atoms. The molecule has 210 valence electrons. The van der Waals surface area contributed by atoms with Gasteiger partial charge >= 0.3 is 0 Å². The Balaban J connectivity index is 1.27. The topological polar surface area (TPSA) is 78.9 Å². The van der Waals surface area contributed by atoms with Crippen LogP contribution in [0, 0.1) is 0 Å². The van der Waals surface area contributed by atoms with Gasteiger partial charge in [0, 0.05) is 37.3 Å². The summed E-state index contributed by atoms with van der Waals surface area (Å²) in [5.74, 6) is 1.21. The predicted octanol–water partition coefficient (Wildman–Crippen LogP) is 5.09. The molecule has 2 amide bonds. The van der Waals surface area contributed by atoms with Gasteiger partial charge in [-0.05, 0) is 55.3 Å². The molecule has 5 rings (SSSR count). The van der Waals surface area contributed by atoms with Gasteiger partial charge in [0.1, 0.15) is 12.3 Å². The van der Waals surface area contributed by atoms with E-state index in [-0.39, 0.29) is 24.4 Å². The van der Waals surface area contributed by atoms with Crippen molar-refractivity contribution in [1.82, 2.24) is 20.0 Å². The molecule has 1 aliphatic heterocycles. The van der Waals surface area contributed by atoms with Gasteiger partial charge in [-0.2, -0.15) is 0 Å². The first-order chi connectivity index (χ1) is 20.0. The summed E-state index contributed by atoms with van der Waals surface area (Å²) in [6.45, 7) is 4.54. The monoisotopic (exact) mass is 549 g/mol. The Hall–Kier alpha value is -4.72. The molecule has 0 radical (unpaired) electrons. The third kappa shape index (κ3) is 6.72. The van der Waals surface area contributed by atoms with Gasteiger partial charge in [0.25, 0.3) is 5.91 Å². The highest BCUT2D eigenvalue weighted by Crippen LogP contribution is 2.24.